The molecule has 2 bridgehead atoms. The molecule has 11 heteroatoms. The van der Waals surface area contributed by atoms with E-state index in [1.54, 1.807) is 14.0 Å². The number of methoxy groups -OCH3 is 2. The van der Waals surface area contributed by atoms with Crippen LogP contribution in [0.25, 0.3) is 0 Å². The van der Waals surface area contributed by atoms with Crippen molar-refractivity contribution in [2.75, 3.05) is 20.8 Å². The van der Waals surface area contributed by atoms with Crippen LogP contribution in [0, 0.1) is 25.2 Å². The van der Waals surface area contributed by atoms with Gasteiger partial charge in [0.2, 0.25) is 11.8 Å². The molecule has 3 heterocycles. The van der Waals surface area contributed by atoms with E-state index >= 15 is 0 Å². The fourth-order valence-electron chi connectivity index (χ4n) is 9.07. The minimum absolute atomic E-state index is 0.00514. The van der Waals surface area contributed by atoms with Gasteiger partial charge in [0.1, 0.15) is 12.1 Å². The second-order valence-corrected chi connectivity index (χ2v) is 15.4. The molecule has 5 N–H and O–H groups in total. The highest BCUT2D eigenvalue weighted by molar-refractivity contribution is 5.87. The molecule has 6 atom stereocenters. The number of nitrogens with zero attached hydrogens (tertiary/aromatic N) is 2. The molecule has 290 valence electrons. The molecular formula is C42H61N5O6. The molecule has 1 fully saturated rings. The molecule has 2 amide bonds. The van der Waals surface area contributed by atoms with Crippen molar-refractivity contribution in [3.8, 4) is 29.1 Å². The number of nitriles is 1. The zero-order valence-electron chi connectivity index (χ0n) is 32.6. The Morgan fingerprint density at radius 3 is 2.02 bits per heavy atom. The SMILES string of the molecule is CCCCCCCCCCCCCC(=O)N[C@@H](C)C(=O)NC[C@H]1c2c(cc(C)c(OC)c2O)C[C@H]2[C@@H]3N[C@@H](Cc4cc(C)c(OC)c(O)c43)[C@H](C#N)N12. The molecule has 3 aliphatic heterocycles. The lowest BCUT2D eigenvalue weighted by Crippen LogP contribution is -2.68. The zero-order chi connectivity index (χ0) is 38.2. The van der Waals surface area contributed by atoms with Crippen molar-refractivity contribution in [2.24, 2.45) is 0 Å². The largest absolute Gasteiger partial charge is 0.504 e. The Kier molecular flexibility index (Phi) is 13.9. The number of carbonyl (C=O) groups is 2. The summed E-state index contributed by atoms with van der Waals surface area (Å²) >= 11 is 0. The van der Waals surface area contributed by atoms with E-state index in [4.69, 9.17) is 9.47 Å². The highest BCUT2D eigenvalue weighted by Gasteiger charge is 2.53. The number of phenols is 2. The van der Waals surface area contributed by atoms with Gasteiger partial charge in [0.05, 0.1) is 32.4 Å². The van der Waals surface area contributed by atoms with Crippen molar-refractivity contribution in [1.82, 2.24) is 20.9 Å². The number of aromatic hydroxyl groups is 2. The van der Waals surface area contributed by atoms with Gasteiger partial charge in [-0.2, -0.15) is 5.26 Å². The molecule has 3 aliphatic rings. The summed E-state index contributed by atoms with van der Waals surface area (Å²) in [6.07, 6.45) is 14.6. The number of benzene rings is 2. The molecule has 0 saturated carbocycles. The third-order valence-electron chi connectivity index (χ3n) is 11.7. The standard InChI is InChI=1S/C42H61N5O6/c1-7-8-9-10-11-12-13-14-15-16-17-18-34(48)45-27(4)42(51)44-24-33-35-29(20-26(3)40(52-5)38(35)49)22-31-37-36-28(19-25(2)41(53-6)39(36)50)21-30(46-37)32(23-43)47(31)33/h19-20,27,30-33,37,46,49-50H,7-18,21-22,24H2,1-6H3,(H,44,51)(H,45,48)/t27-,30-,31-,32-,33-,37-/m0/s1. The number of aryl methyl sites for hydroxylation is 2. The molecule has 53 heavy (non-hydrogen) atoms. The zero-order valence-corrected chi connectivity index (χ0v) is 32.6. The van der Waals surface area contributed by atoms with Gasteiger partial charge in [0, 0.05) is 36.2 Å². The van der Waals surface area contributed by atoms with E-state index < -0.39 is 18.1 Å². The highest BCUT2D eigenvalue weighted by atomic mass is 16.5. The van der Waals surface area contributed by atoms with Gasteiger partial charge in [0.15, 0.2) is 23.0 Å². The van der Waals surface area contributed by atoms with E-state index in [1.807, 2.05) is 26.0 Å². The topological polar surface area (TPSA) is 156 Å². The van der Waals surface area contributed by atoms with E-state index in [-0.39, 0.29) is 48.0 Å². The molecular weight excluding hydrogens is 670 g/mol. The van der Waals surface area contributed by atoms with Crippen LogP contribution < -0.4 is 25.4 Å². The van der Waals surface area contributed by atoms with E-state index in [0.29, 0.717) is 36.3 Å². The molecule has 0 aromatic heterocycles. The minimum Gasteiger partial charge on any atom is -0.504 e. The maximum Gasteiger partial charge on any atom is 0.242 e. The average molecular weight is 732 g/mol. The fourth-order valence-corrected chi connectivity index (χ4v) is 9.07. The number of phenolic OH excluding ortho intramolecular Hbond substituents is 2. The summed E-state index contributed by atoms with van der Waals surface area (Å²) in [7, 11) is 3.06. The monoisotopic (exact) mass is 731 g/mol. The Bertz CT molecular complexity index is 1660. The van der Waals surface area contributed by atoms with Crippen molar-refractivity contribution in [1.29, 1.82) is 5.26 Å². The minimum atomic E-state index is -0.760. The van der Waals surface area contributed by atoms with Crippen molar-refractivity contribution in [2.45, 2.75) is 154 Å². The van der Waals surface area contributed by atoms with Gasteiger partial charge < -0.3 is 35.6 Å². The second kappa shape index (κ2) is 18.4. The molecule has 0 unspecified atom stereocenters. The van der Waals surface area contributed by atoms with Crippen LogP contribution in [0.5, 0.6) is 23.0 Å². The van der Waals surface area contributed by atoms with Crippen LogP contribution in [-0.2, 0) is 22.4 Å². The summed E-state index contributed by atoms with van der Waals surface area (Å²) < 4.78 is 11.2. The van der Waals surface area contributed by atoms with Crippen molar-refractivity contribution in [3.63, 3.8) is 0 Å². The first-order valence-corrected chi connectivity index (χ1v) is 19.8. The van der Waals surface area contributed by atoms with Crippen LogP contribution >= 0.6 is 0 Å². The first-order valence-electron chi connectivity index (χ1n) is 19.8. The Labute approximate surface area is 315 Å². The first-order chi connectivity index (χ1) is 25.6. The van der Waals surface area contributed by atoms with Crippen LogP contribution in [0.2, 0.25) is 0 Å². The fraction of sp³-hybridized carbons (Fsp3) is 0.643. The number of unbranched alkanes of at least 4 members (excludes halogenated alkanes) is 10. The maximum atomic E-state index is 13.5. The number of fused-ring (bicyclic) bond motifs is 7. The number of rotatable bonds is 18. The molecule has 11 nitrogen and oxygen atoms in total. The summed E-state index contributed by atoms with van der Waals surface area (Å²) in [5.74, 6) is 0.384. The molecule has 2 aromatic carbocycles. The predicted octanol–water partition coefficient (Wildman–Crippen LogP) is 6.48. The maximum absolute atomic E-state index is 13.5. The van der Waals surface area contributed by atoms with Crippen LogP contribution in [0.4, 0.5) is 0 Å². The number of piperazine rings is 1. The van der Waals surface area contributed by atoms with Gasteiger partial charge in [-0.05, 0) is 62.3 Å². The second-order valence-electron chi connectivity index (χ2n) is 15.4. The number of ether oxygens (including phenoxy) is 2. The number of nitrogens with one attached hydrogen (secondary N) is 3. The van der Waals surface area contributed by atoms with E-state index in [2.05, 4.69) is 33.8 Å². The molecule has 0 aliphatic carbocycles. The summed E-state index contributed by atoms with van der Waals surface area (Å²) in [5.41, 5.74) is 4.84. The third-order valence-corrected chi connectivity index (χ3v) is 11.7. The van der Waals surface area contributed by atoms with E-state index in [0.717, 1.165) is 47.1 Å². The lowest BCUT2D eigenvalue weighted by molar-refractivity contribution is -0.129. The molecule has 2 aromatic rings. The number of carbonyl (C=O) groups excluding carboxylic acids is 2. The quantitative estimate of drug-likeness (QED) is 0.108. The van der Waals surface area contributed by atoms with Gasteiger partial charge in [-0.3, -0.25) is 14.5 Å². The Hall–Kier alpha value is -4.01. The Morgan fingerprint density at radius 1 is 0.906 bits per heavy atom. The van der Waals surface area contributed by atoms with Gasteiger partial charge >= 0.3 is 0 Å². The van der Waals surface area contributed by atoms with E-state index in [9.17, 15) is 25.1 Å². The summed E-state index contributed by atoms with van der Waals surface area (Å²) in [6.45, 7) is 7.79. The first kappa shape index (κ1) is 40.2. The smallest absolute Gasteiger partial charge is 0.242 e. The van der Waals surface area contributed by atoms with Crippen molar-refractivity contribution >= 4 is 11.8 Å². The lowest BCUT2D eigenvalue weighted by Gasteiger charge is -2.56. The normalized spacial score (nSPS) is 22.1. The van der Waals surface area contributed by atoms with Gasteiger partial charge in [-0.15, -0.1) is 0 Å². The van der Waals surface area contributed by atoms with Crippen LogP contribution in [0.15, 0.2) is 12.1 Å². The molecule has 5 rings (SSSR count). The van der Waals surface area contributed by atoms with E-state index in [1.165, 1.54) is 58.5 Å². The summed E-state index contributed by atoms with van der Waals surface area (Å²) in [5, 5.41) is 43.4. The molecule has 0 radical (unpaired) electrons. The Morgan fingerprint density at radius 2 is 1.45 bits per heavy atom. The van der Waals surface area contributed by atoms with Crippen molar-refractivity contribution < 1.29 is 29.3 Å². The third kappa shape index (κ3) is 8.70. The van der Waals surface area contributed by atoms with Crippen LogP contribution in [-0.4, -0.2) is 71.9 Å². The van der Waals surface area contributed by atoms with Gasteiger partial charge in [0.25, 0.3) is 0 Å². The van der Waals surface area contributed by atoms with Crippen molar-refractivity contribution in [3.05, 3.63) is 45.5 Å². The number of amides is 2. The van der Waals surface area contributed by atoms with Crippen LogP contribution in [0.3, 0.4) is 0 Å². The average Bonchev–Trinajstić information content (AvgIpc) is 3.12. The number of hydrogen-bond donors (Lipinski definition) is 5. The summed E-state index contributed by atoms with van der Waals surface area (Å²) in [6, 6.07) is 3.74. The lowest BCUT2D eigenvalue weighted by atomic mass is 9.73. The number of hydrogen-bond acceptors (Lipinski definition) is 9. The highest BCUT2D eigenvalue weighted by Crippen LogP contribution is 2.53. The predicted molar refractivity (Wildman–Crippen MR) is 205 cm³/mol. The summed E-state index contributed by atoms with van der Waals surface area (Å²) in [4.78, 5) is 28.4. The molecule has 1 saturated heterocycles. The Balaban J connectivity index is 1.28. The van der Waals surface area contributed by atoms with Gasteiger partial charge in [-0.25, -0.2) is 0 Å². The molecule has 0 spiro atoms. The van der Waals surface area contributed by atoms with Crippen LogP contribution in [0.1, 0.15) is 136 Å². The van der Waals surface area contributed by atoms with Gasteiger partial charge in [-0.1, -0.05) is 83.3 Å².